The molecule has 2 aliphatic heterocycles. The van der Waals surface area contributed by atoms with Crippen LogP contribution in [0.15, 0.2) is 24.3 Å². The maximum absolute atomic E-state index is 13.4. The van der Waals surface area contributed by atoms with E-state index >= 15 is 0 Å². The average Bonchev–Trinajstić information content (AvgIpc) is 3.02. The highest BCUT2D eigenvalue weighted by Gasteiger charge is 2.48. The Hall–Kier alpha value is -1.43. The number of ether oxygens (including phenoxy) is 1. The number of hydrogen-bond donors (Lipinski definition) is 0. The molecule has 3 aliphatic rings. The van der Waals surface area contributed by atoms with E-state index in [2.05, 4.69) is 46.0 Å². The summed E-state index contributed by atoms with van der Waals surface area (Å²) in [6.45, 7) is 7.73. The third kappa shape index (κ3) is 3.65. The van der Waals surface area contributed by atoms with Crippen LogP contribution >= 0.6 is 0 Å². The van der Waals surface area contributed by atoms with E-state index in [1.165, 1.54) is 11.1 Å². The molecule has 27 heavy (non-hydrogen) atoms. The number of fused-ring (bicyclic) bond motifs is 2. The Morgan fingerprint density at radius 1 is 1.11 bits per heavy atom. The van der Waals surface area contributed by atoms with Crippen molar-refractivity contribution in [1.82, 2.24) is 14.7 Å². The lowest BCUT2D eigenvalue weighted by molar-refractivity contribution is -0.134. The molecule has 1 aromatic carbocycles. The molecule has 2 heterocycles. The van der Waals surface area contributed by atoms with Crippen LogP contribution in [0.1, 0.15) is 36.3 Å². The Morgan fingerprint density at radius 3 is 2.52 bits per heavy atom. The second-order valence-electron chi connectivity index (χ2n) is 8.59. The van der Waals surface area contributed by atoms with E-state index in [1.54, 1.807) is 7.11 Å². The number of piperazine rings is 1. The normalized spacial score (nSPS) is 25.7. The summed E-state index contributed by atoms with van der Waals surface area (Å²) in [7, 11) is 3.91. The zero-order valence-corrected chi connectivity index (χ0v) is 16.8. The molecule has 1 amide bonds. The SMILES string of the molecule is COCCN1CCC2(CC1)CC(C(=O)N1CCN(C)CC1)c1ccccc12. The van der Waals surface area contributed by atoms with Gasteiger partial charge in [0.1, 0.15) is 0 Å². The van der Waals surface area contributed by atoms with E-state index in [9.17, 15) is 4.79 Å². The number of hydrogen-bond acceptors (Lipinski definition) is 4. The van der Waals surface area contributed by atoms with Crippen LogP contribution in [0.4, 0.5) is 0 Å². The minimum absolute atomic E-state index is 0.0510. The molecule has 1 aliphatic carbocycles. The topological polar surface area (TPSA) is 36.0 Å². The molecule has 2 fully saturated rings. The van der Waals surface area contributed by atoms with Gasteiger partial charge in [0.15, 0.2) is 0 Å². The van der Waals surface area contributed by atoms with Crippen molar-refractivity contribution in [2.45, 2.75) is 30.6 Å². The fourth-order valence-corrected chi connectivity index (χ4v) is 5.26. The van der Waals surface area contributed by atoms with Crippen LogP contribution in [0.25, 0.3) is 0 Å². The Bertz CT molecular complexity index is 661. The molecule has 1 atom stereocenters. The highest BCUT2D eigenvalue weighted by molar-refractivity contribution is 5.86. The van der Waals surface area contributed by atoms with Crippen molar-refractivity contribution in [2.75, 3.05) is 66.6 Å². The molecule has 1 unspecified atom stereocenters. The number of amides is 1. The molecular weight excluding hydrogens is 338 g/mol. The third-order valence-electron chi connectivity index (χ3n) is 7.04. The fraction of sp³-hybridized carbons (Fsp3) is 0.682. The number of likely N-dealkylation sites (tertiary alicyclic amines) is 1. The molecule has 0 bridgehead atoms. The Labute approximate surface area is 163 Å². The quantitative estimate of drug-likeness (QED) is 0.810. The van der Waals surface area contributed by atoms with Crippen LogP contribution in [0, 0.1) is 0 Å². The lowest BCUT2D eigenvalue weighted by atomic mass is 9.73. The van der Waals surface area contributed by atoms with Gasteiger partial charge >= 0.3 is 0 Å². The van der Waals surface area contributed by atoms with Gasteiger partial charge in [-0.3, -0.25) is 4.79 Å². The van der Waals surface area contributed by atoms with Crippen LogP contribution in [0.3, 0.4) is 0 Å². The maximum Gasteiger partial charge on any atom is 0.230 e. The second-order valence-corrected chi connectivity index (χ2v) is 8.59. The number of rotatable bonds is 4. The average molecular weight is 372 g/mol. The summed E-state index contributed by atoms with van der Waals surface area (Å²) >= 11 is 0. The molecule has 5 nitrogen and oxygen atoms in total. The molecule has 148 valence electrons. The Kier molecular flexibility index (Phi) is 5.53. The van der Waals surface area contributed by atoms with E-state index < -0.39 is 0 Å². The smallest absolute Gasteiger partial charge is 0.230 e. The largest absolute Gasteiger partial charge is 0.383 e. The molecule has 0 aromatic heterocycles. The molecule has 2 saturated heterocycles. The summed E-state index contributed by atoms with van der Waals surface area (Å²) in [4.78, 5) is 20.3. The first-order chi connectivity index (χ1) is 13.1. The van der Waals surface area contributed by atoms with Crippen molar-refractivity contribution in [3.63, 3.8) is 0 Å². The highest BCUT2D eigenvalue weighted by atomic mass is 16.5. The van der Waals surface area contributed by atoms with Crippen LogP contribution in [0.5, 0.6) is 0 Å². The van der Waals surface area contributed by atoms with Gasteiger partial charge in [-0.15, -0.1) is 0 Å². The lowest BCUT2D eigenvalue weighted by Gasteiger charge is -2.40. The number of benzene rings is 1. The molecule has 0 radical (unpaired) electrons. The Balaban J connectivity index is 1.51. The summed E-state index contributed by atoms with van der Waals surface area (Å²) in [5, 5.41) is 0. The van der Waals surface area contributed by atoms with Gasteiger partial charge in [-0.05, 0) is 55.9 Å². The zero-order valence-electron chi connectivity index (χ0n) is 16.8. The first kappa shape index (κ1) is 18.9. The number of carbonyl (C=O) groups is 1. The third-order valence-corrected chi connectivity index (χ3v) is 7.04. The van der Waals surface area contributed by atoms with Gasteiger partial charge in [0.05, 0.1) is 12.5 Å². The summed E-state index contributed by atoms with van der Waals surface area (Å²) in [5.41, 5.74) is 2.93. The van der Waals surface area contributed by atoms with Gasteiger partial charge in [-0.25, -0.2) is 0 Å². The summed E-state index contributed by atoms with van der Waals surface area (Å²) in [5.74, 6) is 0.407. The van der Waals surface area contributed by atoms with Gasteiger partial charge < -0.3 is 19.4 Å². The van der Waals surface area contributed by atoms with Crippen molar-refractivity contribution >= 4 is 5.91 Å². The van der Waals surface area contributed by atoms with Crippen LogP contribution in [-0.2, 0) is 14.9 Å². The first-order valence-corrected chi connectivity index (χ1v) is 10.4. The van der Waals surface area contributed by atoms with Crippen LogP contribution < -0.4 is 0 Å². The minimum atomic E-state index is 0.0510. The molecular formula is C22H33N3O2. The lowest BCUT2D eigenvalue weighted by Crippen LogP contribution is -2.48. The van der Waals surface area contributed by atoms with Gasteiger partial charge in [0.2, 0.25) is 5.91 Å². The summed E-state index contributed by atoms with van der Waals surface area (Å²) in [6, 6.07) is 8.76. The monoisotopic (exact) mass is 371 g/mol. The van der Waals surface area contributed by atoms with Gasteiger partial charge in [0.25, 0.3) is 0 Å². The molecule has 4 rings (SSSR count). The predicted molar refractivity (Wildman–Crippen MR) is 107 cm³/mol. The summed E-state index contributed by atoms with van der Waals surface area (Å²) in [6.07, 6.45) is 3.30. The number of nitrogens with zero attached hydrogens (tertiary/aromatic N) is 3. The van der Waals surface area contributed by atoms with E-state index in [1.807, 2.05) is 0 Å². The van der Waals surface area contributed by atoms with Crippen molar-refractivity contribution in [2.24, 2.45) is 0 Å². The second kappa shape index (κ2) is 7.90. The molecule has 5 heteroatoms. The molecule has 1 aromatic rings. The van der Waals surface area contributed by atoms with Crippen molar-refractivity contribution in [1.29, 1.82) is 0 Å². The molecule has 0 N–H and O–H groups in total. The van der Waals surface area contributed by atoms with E-state index in [4.69, 9.17) is 4.74 Å². The Morgan fingerprint density at radius 2 is 1.81 bits per heavy atom. The maximum atomic E-state index is 13.4. The number of piperidine rings is 1. The van der Waals surface area contributed by atoms with Crippen molar-refractivity contribution in [3.05, 3.63) is 35.4 Å². The first-order valence-electron chi connectivity index (χ1n) is 10.4. The summed E-state index contributed by atoms with van der Waals surface area (Å²) < 4.78 is 5.25. The standard InChI is InChI=1S/C22H33N3O2/c1-23-11-13-25(14-12-23)21(26)19-17-22(20-6-4-3-5-18(19)20)7-9-24(10-8-22)15-16-27-2/h3-6,19H,7-17H2,1-2H3. The number of likely N-dealkylation sites (N-methyl/N-ethyl adjacent to an activating group) is 1. The van der Waals surface area contributed by atoms with Crippen LogP contribution in [0.2, 0.25) is 0 Å². The van der Waals surface area contributed by atoms with Crippen LogP contribution in [-0.4, -0.2) is 87.2 Å². The molecule has 1 spiro atoms. The number of carbonyl (C=O) groups excluding carboxylic acids is 1. The minimum Gasteiger partial charge on any atom is -0.383 e. The van der Waals surface area contributed by atoms with Gasteiger partial charge in [-0.2, -0.15) is 0 Å². The van der Waals surface area contributed by atoms with E-state index in [0.29, 0.717) is 5.91 Å². The van der Waals surface area contributed by atoms with Gasteiger partial charge in [0, 0.05) is 39.8 Å². The zero-order chi connectivity index (χ0) is 18.9. The highest BCUT2D eigenvalue weighted by Crippen LogP contribution is 2.52. The van der Waals surface area contributed by atoms with E-state index in [0.717, 1.165) is 71.7 Å². The van der Waals surface area contributed by atoms with Crippen molar-refractivity contribution in [3.8, 4) is 0 Å². The number of methoxy groups -OCH3 is 1. The predicted octanol–water partition coefficient (Wildman–Crippen LogP) is 1.93. The van der Waals surface area contributed by atoms with Gasteiger partial charge in [-0.1, -0.05) is 24.3 Å². The fourth-order valence-electron chi connectivity index (χ4n) is 5.26. The molecule has 0 saturated carbocycles. The van der Waals surface area contributed by atoms with E-state index in [-0.39, 0.29) is 11.3 Å². The van der Waals surface area contributed by atoms with Crippen molar-refractivity contribution < 1.29 is 9.53 Å².